The number of rotatable bonds is 7. The number of anilines is 1. The maximum Gasteiger partial charge on any atom is 0.251 e. The minimum absolute atomic E-state index is 0.299. The maximum absolute atomic E-state index is 13.3. The number of carbonyl (C=O) groups excluding carboxylic acids is 2. The van der Waals surface area contributed by atoms with E-state index < -0.39 is 12.0 Å². The van der Waals surface area contributed by atoms with E-state index in [0.717, 1.165) is 28.8 Å². The first-order chi connectivity index (χ1) is 16.3. The van der Waals surface area contributed by atoms with Crippen LogP contribution in [0.25, 0.3) is 0 Å². The Labute approximate surface area is 199 Å². The summed E-state index contributed by atoms with van der Waals surface area (Å²) in [6.45, 7) is 6.43. The van der Waals surface area contributed by atoms with Crippen LogP contribution in [0.5, 0.6) is 11.5 Å². The van der Waals surface area contributed by atoms with Crippen LogP contribution in [0, 0.1) is 13.8 Å². The van der Waals surface area contributed by atoms with E-state index in [1.165, 1.54) is 0 Å². The Morgan fingerprint density at radius 2 is 1.97 bits per heavy atom. The molecule has 4 rings (SSSR count). The van der Waals surface area contributed by atoms with E-state index in [2.05, 4.69) is 15.7 Å². The van der Waals surface area contributed by atoms with Gasteiger partial charge in [-0.25, -0.2) is 0 Å². The molecule has 0 unspecified atom stereocenters. The van der Waals surface area contributed by atoms with Gasteiger partial charge in [-0.15, -0.1) is 0 Å². The SMILES string of the molecule is CCCOc1ccc([C@H]2c3c(C)nn(C)c3NC(=O)[C@@H]2NC(=O)c2cccc(C)c2)cc1OC. The first kappa shape index (κ1) is 23.4. The van der Waals surface area contributed by atoms with E-state index in [1.807, 2.05) is 51.1 Å². The van der Waals surface area contributed by atoms with Gasteiger partial charge in [0.1, 0.15) is 11.9 Å². The van der Waals surface area contributed by atoms with Gasteiger partial charge in [-0.3, -0.25) is 14.3 Å². The van der Waals surface area contributed by atoms with E-state index >= 15 is 0 Å². The molecule has 0 saturated heterocycles. The number of fused-ring (bicyclic) bond motifs is 1. The van der Waals surface area contributed by atoms with Gasteiger partial charge < -0.3 is 20.1 Å². The van der Waals surface area contributed by atoms with Gasteiger partial charge in [0.2, 0.25) is 5.91 Å². The second-order valence-electron chi connectivity index (χ2n) is 8.52. The van der Waals surface area contributed by atoms with Crippen molar-refractivity contribution in [1.82, 2.24) is 15.1 Å². The van der Waals surface area contributed by atoms with Crippen molar-refractivity contribution in [2.24, 2.45) is 7.05 Å². The Balaban J connectivity index is 1.78. The summed E-state index contributed by atoms with van der Waals surface area (Å²) in [6.07, 6.45) is 0.874. The summed E-state index contributed by atoms with van der Waals surface area (Å²) in [7, 11) is 3.38. The zero-order valence-electron chi connectivity index (χ0n) is 20.1. The molecule has 1 aliphatic heterocycles. The third kappa shape index (κ3) is 4.35. The zero-order chi connectivity index (χ0) is 24.4. The van der Waals surface area contributed by atoms with Crippen LogP contribution in [-0.4, -0.2) is 41.4 Å². The fraction of sp³-hybridized carbons (Fsp3) is 0.346. The molecule has 34 heavy (non-hydrogen) atoms. The number of nitrogens with zero attached hydrogens (tertiary/aromatic N) is 2. The zero-order valence-corrected chi connectivity index (χ0v) is 20.1. The highest BCUT2D eigenvalue weighted by molar-refractivity contribution is 6.04. The van der Waals surface area contributed by atoms with Gasteiger partial charge >= 0.3 is 0 Å². The largest absolute Gasteiger partial charge is 0.493 e. The normalized spacial score (nSPS) is 17.0. The summed E-state index contributed by atoms with van der Waals surface area (Å²) in [5.74, 6) is 0.764. The summed E-state index contributed by atoms with van der Waals surface area (Å²) in [5, 5.41) is 10.4. The second-order valence-corrected chi connectivity index (χ2v) is 8.52. The number of ether oxygens (including phenoxy) is 2. The molecule has 3 aromatic rings. The Morgan fingerprint density at radius 1 is 1.18 bits per heavy atom. The molecular formula is C26H30N4O4. The molecule has 2 atom stereocenters. The van der Waals surface area contributed by atoms with Crippen LogP contribution < -0.4 is 20.1 Å². The van der Waals surface area contributed by atoms with Gasteiger partial charge in [0.15, 0.2) is 11.5 Å². The monoisotopic (exact) mass is 462 g/mol. The minimum atomic E-state index is -0.837. The van der Waals surface area contributed by atoms with Crippen LogP contribution in [-0.2, 0) is 11.8 Å². The lowest BCUT2D eigenvalue weighted by molar-refractivity contribution is -0.118. The van der Waals surface area contributed by atoms with Gasteiger partial charge in [-0.05, 0) is 50.1 Å². The molecule has 2 N–H and O–H groups in total. The number of carbonyl (C=O) groups is 2. The summed E-state index contributed by atoms with van der Waals surface area (Å²) in [6, 6.07) is 12.1. The number of aromatic nitrogens is 2. The predicted molar refractivity (Wildman–Crippen MR) is 130 cm³/mol. The number of methoxy groups -OCH3 is 1. The molecule has 8 nitrogen and oxygen atoms in total. The number of hydrogen-bond donors (Lipinski definition) is 2. The summed E-state index contributed by atoms with van der Waals surface area (Å²) in [4.78, 5) is 26.4. The fourth-order valence-electron chi connectivity index (χ4n) is 4.44. The highest BCUT2D eigenvalue weighted by atomic mass is 16.5. The van der Waals surface area contributed by atoms with Gasteiger partial charge in [0.05, 0.1) is 19.4 Å². The van der Waals surface area contributed by atoms with Crippen LogP contribution in [0.4, 0.5) is 5.82 Å². The standard InChI is InChI=1S/C26H30N4O4/c1-6-12-34-19-11-10-17(14-20(19)33-5)22-21-16(3)29-30(4)24(21)28-26(32)23(22)27-25(31)18-9-7-8-15(2)13-18/h7-11,13-14,22-23H,6,12H2,1-5H3,(H,27,31)(H,28,32)/t22-,23+/m0/s1. The van der Waals surface area contributed by atoms with Crippen molar-refractivity contribution in [1.29, 1.82) is 0 Å². The lowest BCUT2D eigenvalue weighted by Gasteiger charge is -2.33. The Morgan fingerprint density at radius 3 is 2.68 bits per heavy atom. The van der Waals surface area contributed by atoms with Crippen molar-refractivity contribution in [2.45, 2.75) is 39.2 Å². The van der Waals surface area contributed by atoms with Gasteiger partial charge in [0.25, 0.3) is 5.91 Å². The number of aryl methyl sites for hydroxylation is 3. The molecule has 0 bridgehead atoms. The molecule has 0 saturated carbocycles. The van der Waals surface area contributed by atoms with Crippen molar-refractivity contribution in [3.8, 4) is 11.5 Å². The molecule has 178 valence electrons. The minimum Gasteiger partial charge on any atom is -0.493 e. The molecule has 0 radical (unpaired) electrons. The van der Waals surface area contributed by atoms with Crippen molar-refractivity contribution in [2.75, 3.05) is 19.0 Å². The van der Waals surface area contributed by atoms with Gasteiger partial charge in [-0.1, -0.05) is 30.7 Å². The smallest absolute Gasteiger partial charge is 0.251 e. The third-order valence-electron chi connectivity index (χ3n) is 6.01. The van der Waals surface area contributed by atoms with E-state index in [4.69, 9.17) is 9.47 Å². The predicted octanol–water partition coefficient (Wildman–Crippen LogP) is 3.72. The molecule has 2 amide bonds. The topological polar surface area (TPSA) is 94.5 Å². The van der Waals surface area contributed by atoms with Crippen molar-refractivity contribution in [3.63, 3.8) is 0 Å². The highest BCUT2D eigenvalue weighted by Crippen LogP contribution is 2.41. The summed E-state index contributed by atoms with van der Waals surface area (Å²) >= 11 is 0. The number of hydrogen-bond acceptors (Lipinski definition) is 5. The van der Waals surface area contributed by atoms with E-state index in [1.54, 1.807) is 31.0 Å². The number of nitrogens with one attached hydrogen (secondary N) is 2. The first-order valence-corrected chi connectivity index (χ1v) is 11.4. The van der Waals surface area contributed by atoms with Crippen LogP contribution >= 0.6 is 0 Å². The molecule has 0 aliphatic carbocycles. The van der Waals surface area contributed by atoms with Gasteiger partial charge in [-0.2, -0.15) is 5.10 Å². The molecule has 1 aromatic heterocycles. The molecule has 0 spiro atoms. The van der Waals surface area contributed by atoms with Crippen molar-refractivity contribution >= 4 is 17.6 Å². The quantitative estimate of drug-likeness (QED) is 0.558. The average Bonchev–Trinajstić information content (AvgIpc) is 3.10. The van der Waals surface area contributed by atoms with E-state index in [9.17, 15) is 9.59 Å². The Bertz CT molecular complexity index is 1230. The fourth-order valence-corrected chi connectivity index (χ4v) is 4.44. The van der Waals surface area contributed by atoms with E-state index in [-0.39, 0.29) is 11.8 Å². The van der Waals surface area contributed by atoms with Crippen LogP contribution in [0.2, 0.25) is 0 Å². The lowest BCUT2D eigenvalue weighted by Crippen LogP contribution is -2.50. The van der Waals surface area contributed by atoms with Crippen molar-refractivity contribution in [3.05, 3.63) is 70.4 Å². The average molecular weight is 463 g/mol. The molecule has 0 fully saturated rings. The van der Waals surface area contributed by atoms with Crippen molar-refractivity contribution < 1.29 is 19.1 Å². The molecule has 2 aromatic carbocycles. The molecule has 8 heteroatoms. The third-order valence-corrected chi connectivity index (χ3v) is 6.01. The van der Waals surface area contributed by atoms with Crippen LogP contribution in [0.3, 0.4) is 0 Å². The molecule has 2 heterocycles. The Hall–Kier alpha value is -3.81. The summed E-state index contributed by atoms with van der Waals surface area (Å²) < 4.78 is 13.1. The van der Waals surface area contributed by atoms with Crippen LogP contribution in [0.15, 0.2) is 42.5 Å². The van der Waals surface area contributed by atoms with Gasteiger partial charge in [0, 0.05) is 24.1 Å². The van der Waals surface area contributed by atoms with E-state index in [0.29, 0.717) is 29.5 Å². The highest BCUT2D eigenvalue weighted by Gasteiger charge is 2.41. The molecular weight excluding hydrogens is 432 g/mol. The second kappa shape index (κ2) is 9.59. The van der Waals surface area contributed by atoms with Crippen LogP contribution in [0.1, 0.15) is 52.0 Å². The molecule has 1 aliphatic rings. The number of amides is 2. The summed E-state index contributed by atoms with van der Waals surface area (Å²) in [5.41, 5.74) is 3.93. The first-order valence-electron chi connectivity index (χ1n) is 11.4. The lowest BCUT2D eigenvalue weighted by atomic mass is 9.81. The Kier molecular flexibility index (Phi) is 6.58. The maximum atomic E-state index is 13.3. The number of benzene rings is 2.